The number of hydrogen-bond acceptors (Lipinski definition) is 3. The number of carbonyl (C=O) groups is 1. The Kier molecular flexibility index (Phi) is 5.88. The van der Waals surface area contributed by atoms with Crippen LogP contribution in [0.3, 0.4) is 0 Å². The van der Waals surface area contributed by atoms with Crippen LogP contribution in [0.25, 0.3) is 0 Å². The van der Waals surface area contributed by atoms with Gasteiger partial charge in [-0.3, -0.25) is 4.79 Å². The van der Waals surface area contributed by atoms with Gasteiger partial charge in [-0.2, -0.15) is 0 Å². The summed E-state index contributed by atoms with van der Waals surface area (Å²) in [5.41, 5.74) is 0.941. The van der Waals surface area contributed by atoms with Gasteiger partial charge in [0.15, 0.2) is 0 Å². The predicted molar refractivity (Wildman–Crippen MR) is 88.1 cm³/mol. The van der Waals surface area contributed by atoms with E-state index in [1.165, 1.54) is 11.8 Å². The van der Waals surface area contributed by atoms with Crippen LogP contribution in [0.15, 0.2) is 41.3 Å². The van der Waals surface area contributed by atoms with Crippen LogP contribution in [-0.2, 0) is 0 Å². The van der Waals surface area contributed by atoms with Crippen LogP contribution in [0.5, 0.6) is 0 Å². The largest absolute Gasteiger partial charge is 0.388 e. The lowest BCUT2D eigenvalue weighted by Crippen LogP contribution is -2.26. The van der Waals surface area contributed by atoms with Crippen molar-refractivity contribution in [1.29, 1.82) is 0 Å². The zero-order chi connectivity index (χ0) is 15.2. The molecule has 114 valence electrons. The Morgan fingerprint density at radius 1 is 1.33 bits per heavy atom. The molecule has 0 aromatic heterocycles. The van der Waals surface area contributed by atoms with E-state index in [2.05, 4.69) is 11.4 Å². The summed E-state index contributed by atoms with van der Waals surface area (Å²) in [6.07, 6.45) is 4.49. The van der Waals surface area contributed by atoms with Crippen LogP contribution in [0.4, 0.5) is 4.79 Å². The Morgan fingerprint density at radius 3 is 2.71 bits per heavy atom. The van der Waals surface area contributed by atoms with E-state index in [1.54, 1.807) is 0 Å². The fraction of sp³-hybridized carbons (Fsp3) is 0.471. The summed E-state index contributed by atoms with van der Waals surface area (Å²) >= 11 is 1.27. The highest BCUT2D eigenvalue weighted by atomic mass is 32.2. The highest BCUT2D eigenvalue weighted by molar-refractivity contribution is 8.16. The standard InChI is InChI=1S/C17H23NO2S/c1-12(2)18-17(20)21-15-10-6-9-14(11-15)16(19)13-7-4-3-5-8-13/h3-5,7-8,11-12,14,16,19H,6,9-10H2,1-2H3,(H,18,20)/t14-,16?/m0/s1. The van der Waals surface area contributed by atoms with Gasteiger partial charge in [-0.15, -0.1) is 0 Å². The number of hydrogen-bond donors (Lipinski definition) is 2. The molecule has 1 aliphatic carbocycles. The molecule has 1 aromatic carbocycles. The third kappa shape index (κ3) is 4.90. The van der Waals surface area contributed by atoms with Crippen LogP contribution >= 0.6 is 11.8 Å². The van der Waals surface area contributed by atoms with Crippen molar-refractivity contribution in [3.05, 3.63) is 46.9 Å². The lowest BCUT2D eigenvalue weighted by Gasteiger charge is -2.25. The molecule has 21 heavy (non-hydrogen) atoms. The summed E-state index contributed by atoms with van der Waals surface area (Å²) in [6.45, 7) is 3.91. The molecule has 0 aliphatic heterocycles. The van der Waals surface area contributed by atoms with E-state index in [4.69, 9.17) is 0 Å². The molecule has 2 atom stereocenters. The third-order valence-electron chi connectivity index (χ3n) is 3.54. The molecule has 4 heteroatoms. The van der Waals surface area contributed by atoms with Gasteiger partial charge in [-0.05, 0) is 55.3 Å². The Bertz CT molecular complexity index is 499. The molecule has 1 aliphatic rings. The monoisotopic (exact) mass is 305 g/mol. The lowest BCUT2D eigenvalue weighted by molar-refractivity contribution is 0.123. The smallest absolute Gasteiger partial charge is 0.283 e. The topological polar surface area (TPSA) is 49.3 Å². The van der Waals surface area contributed by atoms with Crippen molar-refractivity contribution in [3.63, 3.8) is 0 Å². The third-order valence-corrected chi connectivity index (χ3v) is 4.44. The maximum absolute atomic E-state index is 11.8. The molecule has 0 heterocycles. The average molecular weight is 305 g/mol. The van der Waals surface area contributed by atoms with E-state index < -0.39 is 6.10 Å². The van der Waals surface area contributed by atoms with Gasteiger partial charge >= 0.3 is 0 Å². The summed E-state index contributed by atoms with van der Waals surface area (Å²) in [7, 11) is 0. The first-order valence-corrected chi connectivity index (χ1v) is 8.30. The van der Waals surface area contributed by atoms with Crippen LogP contribution in [0.1, 0.15) is 44.8 Å². The minimum atomic E-state index is -0.491. The molecule has 0 bridgehead atoms. The quantitative estimate of drug-likeness (QED) is 0.874. The maximum atomic E-state index is 11.8. The number of aliphatic hydroxyl groups excluding tert-OH is 1. The molecule has 0 saturated heterocycles. The van der Waals surface area contributed by atoms with E-state index in [0.29, 0.717) is 0 Å². The van der Waals surface area contributed by atoms with Crippen molar-refractivity contribution in [2.75, 3.05) is 0 Å². The fourth-order valence-corrected chi connectivity index (χ4v) is 3.56. The Hall–Kier alpha value is -1.26. The van der Waals surface area contributed by atoms with E-state index in [-0.39, 0.29) is 17.2 Å². The molecule has 1 unspecified atom stereocenters. The fourth-order valence-electron chi connectivity index (χ4n) is 2.53. The lowest BCUT2D eigenvalue weighted by atomic mass is 9.87. The van der Waals surface area contributed by atoms with Crippen molar-refractivity contribution in [3.8, 4) is 0 Å². The number of thioether (sulfide) groups is 1. The Balaban J connectivity index is 2.01. The molecular formula is C17H23NO2S. The molecule has 3 nitrogen and oxygen atoms in total. The van der Waals surface area contributed by atoms with E-state index in [9.17, 15) is 9.90 Å². The SMILES string of the molecule is CC(C)NC(=O)SC1=C[C@@H](C(O)c2ccccc2)CCC1. The summed E-state index contributed by atoms with van der Waals surface area (Å²) < 4.78 is 0. The Labute approximate surface area is 130 Å². The molecule has 1 amide bonds. The van der Waals surface area contributed by atoms with Crippen molar-refractivity contribution in [1.82, 2.24) is 5.32 Å². The first kappa shape index (κ1) is 16.1. The Morgan fingerprint density at radius 2 is 2.05 bits per heavy atom. The predicted octanol–water partition coefficient (Wildman–Crippen LogP) is 4.26. The number of amides is 1. The van der Waals surface area contributed by atoms with Crippen LogP contribution in [-0.4, -0.2) is 16.4 Å². The molecule has 2 N–H and O–H groups in total. The van der Waals surface area contributed by atoms with E-state index in [1.807, 2.05) is 44.2 Å². The number of allylic oxidation sites excluding steroid dienone is 1. The second kappa shape index (κ2) is 7.66. The number of carbonyl (C=O) groups excluding carboxylic acids is 1. The van der Waals surface area contributed by atoms with Gasteiger partial charge in [-0.1, -0.05) is 36.4 Å². The van der Waals surface area contributed by atoms with Crippen molar-refractivity contribution in [2.45, 2.75) is 45.3 Å². The number of nitrogens with one attached hydrogen (secondary N) is 1. The number of aliphatic hydroxyl groups is 1. The zero-order valence-corrected chi connectivity index (χ0v) is 13.4. The maximum Gasteiger partial charge on any atom is 0.283 e. The van der Waals surface area contributed by atoms with E-state index in [0.717, 1.165) is 29.7 Å². The van der Waals surface area contributed by atoms with Gasteiger partial charge in [-0.25, -0.2) is 0 Å². The molecule has 0 radical (unpaired) electrons. The second-order valence-corrected chi connectivity index (χ2v) is 6.83. The molecule has 1 aromatic rings. The van der Waals surface area contributed by atoms with Crippen LogP contribution < -0.4 is 5.32 Å². The van der Waals surface area contributed by atoms with Gasteiger partial charge in [0.05, 0.1) is 6.10 Å². The first-order chi connectivity index (χ1) is 10.1. The molecule has 0 fully saturated rings. The van der Waals surface area contributed by atoms with Crippen LogP contribution in [0.2, 0.25) is 0 Å². The normalized spacial score (nSPS) is 20.0. The van der Waals surface area contributed by atoms with Gasteiger partial charge in [0.25, 0.3) is 5.24 Å². The van der Waals surface area contributed by atoms with Crippen molar-refractivity contribution in [2.24, 2.45) is 5.92 Å². The van der Waals surface area contributed by atoms with Gasteiger partial charge in [0.1, 0.15) is 0 Å². The average Bonchev–Trinajstić information content (AvgIpc) is 2.46. The summed E-state index contributed by atoms with van der Waals surface area (Å²) in [5, 5.41) is 13.4. The zero-order valence-electron chi connectivity index (χ0n) is 12.6. The second-order valence-electron chi connectivity index (χ2n) is 5.73. The highest BCUT2D eigenvalue weighted by Gasteiger charge is 2.23. The summed E-state index contributed by atoms with van der Waals surface area (Å²) in [6, 6.07) is 9.88. The minimum absolute atomic E-state index is 0.00824. The molecule has 0 spiro atoms. The summed E-state index contributed by atoms with van der Waals surface area (Å²) in [5.74, 6) is 0.0931. The van der Waals surface area contributed by atoms with Crippen LogP contribution in [0, 0.1) is 5.92 Å². The van der Waals surface area contributed by atoms with Gasteiger partial charge in [0.2, 0.25) is 0 Å². The minimum Gasteiger partial charge on any atom is -0.388 e. The van der Waals surface area contributed by atoms with E-state index >= 15 is 0 Å². The van der Waals surface area contributed by atoms with Crippen molar-refractivity contribution < 1.29 is 9.90 Å². The van der Waals surface area contributed by atoms with Crippen molar-refractivity contribution >= 4 is 17.0 Å². The molecule has 2 rings (SSSR count). The first-order valence-electron chi connectivity index (χ1n) is 7.48. The van der Waals surface area contributed by atoms with Gasteiger partial charge in [0, 0.05) is 12.0 Å². The van der Waals surface area contributed by atoms with Gasteiger partial charge < -0.3 is 10.4 Å². The molecular weight excluding hydrogens is 282 g/mol. The highest BCUT2D eigenvalue weighted by Crippen LogP contribution is 2.36. The number of rotatable bonds is 4. The number of benzene rings is 1. The summed E-state index contributed by atoms with van der Waals surface area (Å²) in [4.78, 5) is 12.9. The molecule has 0 saturated carbocycles.